The van der Waals surface area contributed by atoms with Crippen LogP contribution >= 0.6 is 0 Å². The van der Waals surface area contributed by atoms with Crippen molar-refractivity contribution in [2.75, 3.05) is 33.4 Å². The van der Waals surface area contributed by atoms with E-state index in [4.69, 9.17) is 14.2 Å². The number of carbonyl (C=O) groups is 5. The number of hydrogen-bond donors (Lipinski definition) is 4. The number of rotatable bonds is 5. The van der Waals surface area contributed by atoms with Gasteiger partial charge in [-0.15, -0.1) is 0 Å². The number of piperidine rings is 1. The van der Waals surface area contributed by atoms with Gasteiger partial charge in [-0.2, -0.15) is 0 Å². The van der Waals surface area contributed by atoms with Crippen LogP contribution in [0.4, 0.5) is 0 Å². The summed E-state index contributed by atoms with van der Waals surface area (Å²) in [5.41, 5.74) is 0.246. The molecule has 5 amide bonds. The number of fused-ring (bicyclic) bond motifs is 15. The van der Waals surface area contributed by atoms with E-state index >= 15 is 0 Å². The van der Waals surface area contributed by atoms with E-state index in [9.17, 15) is 24.0 Å². The lowest BCUT2D eigenvalue weighted by molar-refractivity contribution is -0.147. The van der Waals surface area contributed by atoms with Gasteiger partial charge in [-0.25, -0.2) is 0 Å². The Hall–Kier alpha value is -5.59. The smallest absolute Gasteiger partial charge is 0.264 e. The summed E-state index contributed by atoms with van der Waals surface area (Å²) < 4.78 is 17.4. The molecule has 3 aliphatic heterocycles. The summed E-state index contributed by atoms with van der Waals surface area (Å²) in [7, 11) is 1.58. The van der Waals surface area contributed by atoms with Crippen LogP contribution in [0.5, 0.6) is 17.2 Å². The molecule has 0 aromatic heterocycles. The van der Waals surface area contributed by atoms with Gasteiger partial charge >= 0.3 is 0 Å². The highest BCUT2D eigenvalue weighted by molar-refractivity contribution is 5.95. The molecule has 13 nitrogen and oxygen atoms in total. The van der Waals surface area contributed by atoms with E-state index in [-0.39, 0.29) is 57.8 Å². The van der Waals surface area contributed by atoms with Crippen LogP contribution in [0.2, 0.25) is 0 Å². The van der Waals surface area contributed by atoms with Gasteiger partial charge in [-0.1, -0.05) is 42.5 Å². The lowest BCUT2D eigenvalue weighted by atomic mass is 9.89. The average Bonchev–Trinajstić information content (AvgIpc) is 3.14. The minimum atomic E-state index is -1.39. The van der Waals surface area contributed by atoms with Gasteiger partial charge in [0, 0.05) is 32.4 Å². The van der Waals surface area contributed by atoms with Gasteiger partial charge < -0.3 is 40.4 Å². The first kappa shape index (κ1) is 36.7. The molecule has 3 aromatic carbocycles. The predicted molar refractivity (Wildman–Crippen MR) is 188 cm³/mol. The summed E-state index contributed by atoms with van der Waals surface area (Å²) in [5.74, 6) is -0.509. The monoisotopic (exact) mass is 699 g/mol. The number of nitrogens with one attached hydrogen (secondary N) is 4. The molecule has 0 aliphatic carbocycles. The van der Waals surface area contributed by atoms with Gasteiger partial charge in [0.25, 0.3) is 5.91 Å². The van der Waals surface area contributed by atoms with Gasteiger partial charge in [0.15, 0.2) is 5.60 Å². The lowest BCUT2D eigenvalue weighted by Gasteiger charge is -2.41. The van der Waals surface area contributed by atoms with Crippen LogP contribution in [0.15, 0.2) is 78.9 Å². The van der Waals surface area contributed by atoms with Crippen molar-refractivity contribution in [3.8, 4) is 17.2 Å². The number of nitrogens with zero attached hydrogens (tertiary/aromatic N) is 1. The van der Waals surface area contributed by atoms with Crippen molar-refractivity contribution in [3.05, 3.63) is 90.0 Å². The highest BCUT2D eigenvalue weighted by Crippen LogP contribution is 2.31. The third kappa shape index (κ3) is 9.77. The van der Waals surface area contributed by atoms with Crippen molar-refractivity contribution >= 4 is 29.5 Å². The maximum Gasteiger partial charge on any atom is 0.264 e. The van der Waals surface area contributed by atoms with Crippen LogP contribution in [0, 0.1) is 0 Å². The lowest BCUT2D eigenvalue weighted by Crippen LogP contribution is -2.61. The van der Waals surface area contributed by atoms with Crippen LogP contribution in [-0.2, 0) is 36.8 Å². The minimum absolute atomic E-state index is 0.0789. The SMILES string of the molecule is COc1ccc(CC(=O)N2CCC3(CC2)Oc2ccc(cc2)OCCNC(=O)[C@H](C)NC(=O)[C@H](Cc2ccccc2)NC(=O)[C@H](C)NC3=O)cc1. The average molecular weight is 700 g/mol. The summed E-state index contributed by atoms with van der Waals surface area (Å²) >= 11 is 0. The second-order valence-corrected chi connectivity index (χ2v) is 12.8. The summed E-state index contributed by atoms with van der Waals surface area (Å²) in [4.78, 5) is 68.8. The van der Waals surface area contributed by atoms with E-state index in [0.29, 0.717) is 17.2 Å². The van der Waals surface area contributed by atoms with Crippen molar-refractivity contribution < 1.29 is 38.2 Å². The molecule has 3 heterocycles. The minimum Gasteiger partial charge on any atom is -0.497 e. The maximum absolute atomic E-state index is 14.1. The van der Waals surface area contributed by atoms with Crippen molar-refractivity contribution in [3.63, 3.8) is 0 Å². The molecule has 1 fully saturated rings. The van der Waals surface area contributed by atoms with E-state index in [0.717, 1.165) is 11.1 Å². The van der Waals surface area contributed by atoms with E-state index in [1.165, 1.54) is 6.92 Å². The maximum atomic E-state index is 14.1. The van der Waals surface area contributed by atoms with Gasteiger partial charge in [-0.05, 0) is 61.4 Å². The molecule has 1 spiro atoms. The normalized spacial score (nSPS) is 21.6. The largest absolute Gasteiger partial charge is 0.497 e. The molecule has 51 heavy (non-hydrogen) atoms. The molecular formula is C38H45N5O8. The summed E-state index contributed by atoms with van der Waals surface area (Å²) in [6.45, 7) is 3.96. The van der Waals surface area contributed by atoms with Crippen LogP contribution in [0.3, 0.4) is 0 Å². The van der Waals surface area contributed by atoms with Crippen LogP contribution in [-0.4, -0.2) is 91.5 Å². The van der Waals surface area contributed by atoms with E-state index in [2.05, 4.69) is 21.3 Å². The number of likely N-dealkylation sites (tertiary alicyclic amines) is 1. The second-order valence-electron chi connectivity index (χ2n) is 12.8. The highest BCUT2D eigenvalue weighted by atomic mass is 16.5. The molecule has 4 N–H and O–H groups in total. The molecule has 0 unspecified atom stereocenters. The molecule has 0 radical (unpaired) electrons. The van der Waals surface area contributed by atoms with Gasteiger partial charge in [0.05, 0.1) is 20.1 Å². The summed E-state index contributed by atoms with van der Waals surface area (Å²) in [6.07, 6.45) is 0.708. The zero-order chi connectivity index (χ0) is 36.4. The Labute approximate surface area is 297 Å². The molecule has 2 bridgehead atoms. The topological polar surface area (TPSA) is 164 Å². The van der Waals surface area contributed by atoms with Crippen LogP contribution in [0.25, 0.3) is 0 Å². The van der Waals surface area contributed by atoms with Gasteiger partial charge in [0.2, 0.25) is 23.6 Å². The van der Waals surface area contributed by atoms with Crippen molar-refractivity contribution in [1.29, 1.82) is 0 Å². The number of benzene rings is 3. The van der Waals surface area contributed by atoms with E-state index in [1.54, 1.807) is 55.3 Å². The van der Waals surface area contributed by atoms with Gasteiger partial charge in [0.1, 0.15) is 42.0 Å². The van der Waals surface area contributed by atoms with Crippen molar-refractivity contribution in [2.24, 2.45) is 0 Å². The Morgan fingerprint density at radius 1 is 0.784 bits per heavy atom. The predicted octanol–water partition coefficient (Wildman–Crippen LogP) is 1.92. The van der Waals surface area contributed by atoms with Crippen molar-refractivity contribution in [1.82, 2.24) is 26.2 Å². The zero-order valence-electron chi connectivity index (χ0n) is 29.1. The Morgan fingerprint density at radius 3 is 2.10 bits per heavy atom. The third-order valence-corrected chi connectivity index (χ3v) is 9.07. The first-order valence-corrected chi connectivity index (χ1v) is 17.1. The molecule has 3 aliphatic rings. The molecule has 1 saturated heterocycles. The fraction of sp³-hybridized carbons (Fsp3) is 0.395. The highest BCUT2D eigenvalue weighted by Gasteiger charge is 2.45. The standard InChI is InChI=1S/C38H45N5O8/c1-25-34(45)39-19-22-50-30-13-15-31(16-14-30)51-38(17-20-43(21-18-38)33(44)24-28-9-11-29(49-3)12-10-28)37(48)41-26(2)35(46)42-32(36(47)40-25)23-27-7-5-4-6-8-27/h4-16,25-26,32H,17-24H2,1-3H3,(H,39,45)(H,40,47)(H,41,48)(H,42,46)/t25-,26-,32-/m0/s1. The fourth-order valence-corrected chi connectivity index (χ4v) is 5.98. The number of carbonyl (C=O) groups excluding carboxylic acids is 5. The molecule has 6 rings (SSSR count). The van der Waals surface area contributed by atoms with Crippen molar-refractivity contribution in [2.45, 2.75) is 63.3 Å². The quantitative estimate of drug-likeness (QED) is 0.294. The first-order chi connectivity index (χ1) is 24.5. The van der Waals surface area contributed by atoms with Gasteiger partial charge in [-0.3, -0.25) is 24.0 Å². The molecule has 3 aromatic rings. The molecule has 3 atom stereocenters. The number of hydrogen-bond acceptors (Lipinski definition) is 8. The number of methoxy groups -OCH3 is 1. The fourth-order valence-electron chi connectivity index (χ4n) is 5.98. The molecule has 0 saturated carbocycles. The summed E-state index contributed by atoms with van der Waals surface area (Å²) in [5, 5.41) is 11.0. The number of ether oxygens (including phenoxy) is 3. The molecular weight excluding hydrogens is 654 g/mol. The third-order valence-electron chi connectivity index (χ3n) is 9.07. The van der Waals surface area contributed by atoms with Crippen LogP contribution in [0.1, 0.15) is 37.8 Å². The number of amides is 5. The Balaban J connectivity index is 1.35. The summed E-state index contributed by atoms with van der Waals surface area (Å²) in [6, 6.07) is 20.2. The van der Waals surface area contributed by atoms with E-state index < -0.39 is 47.4 Å². The zero-order valence-corrected chi connectivity index (χ0v) is 29.1. The van der Waals surface area contributed by atoms with E-state index in [1.807, 2.05) is 42.5 Å². The molecule has 270 valence electrons. The molecule has 13 heteroatoms. The Bertz CT molecular complexity index is 1670. The first-order valence-electron chi connectivity index (χ1n) is 17.1. The Morgan fingerprint density at radius 2 is 1.43 bits per heavy atom. The van der Waals surface area contributed by atoms with Crippen LogP contribution < -0.4 is 35.5 Å². The Kier molecular flexibility index (Phi) is 12.1. The second kappa shape index (κ2) is 16.9.